The van der Waals surface area contributed by atoms with Crippen LogP contribution in [0.4, 0.5) is 10.1 Å². The monoisotopic (exact) mass is 426 g/mol. The average Bonchev–Trinajstić information content (AvgIpc) is 2.71. The van der Waals surface area contributed by atoms with Gasteiger partial charge in [0.15, 0.2) is 13.8 Å². The molecule has 1 aromatic heterocycles. The van der Waals surface area contributed by atoms with Gasteiger partial charge >= 0.3 is 0 Å². The number of anilines is 1. The van der Waals surface area contributed by atoms with Crippen molar-refractivity contribution in [2.75, 3.05) is 24.5 Å². The zero-order chi connectivity index (χ0) is 22.8. The Labute approximate surface area is 184 Å². The first-order chi connectivity index (χ1) is 14.8. The molecule has 0 saturated heterocycles. The molecule has 0 radical (unpaired) electrons. The number of rotatable bonds is 11. The van der Waals surface area contributed by atoms with Gasteiger partial charge in [0, 0.05) is 32.4 Å². The van der Waals surface area contributed by atoms with Crippen LogP contribution in [0, 0.1) is 17.1 Å². The molecule has 1 heterocycles. The van der Waals surface area contributed by atoms with E-state index < -0.39 is 5.82 Å². The summed E-state index contributed by atoms with van der Waals surface area (Å²) < 4.78 is 15.1. The molecule has 0 bridgehead atoms. The summed E-state index contributed by atoms with van der Waals surface area (Å²) >= 11 is 0. The number of hydrogen-bond donors (Lipinski definition) is 2. The second kappa shape index (κ2) is 12.1. The van der Waals surface area contributed by atoms with Crippen molar-refractivity contribution in [1.82, 2.24) is 15.0 Å². The molecule has 0 saturated carbocycles. The lowest BCUT2D eigenvalue weighted by Crippen LogP contribution is -2.35. The molecule has 3 N–H and O–H groups in total. The Morgan fingerprint density at radius 3 is 2.68 bits per heavy atom. The first kappa shape index (κ1) is 24.4. The summed E-state index contributed by atoms with van der Waals surface area (Å²) in [4.78, 5) is 4.25. The molecule has 8 nitrogen and oxygen atoms in total. The van der Waals surface area contributed by atoms with E-state index in [1.807, 2.05) is 26.2 Å². The third-order valence-corrected chi connectivity index (χ3v) is 4.81. The van der Waals surface area contributed by atoms with Gasteiger partial charge in [0.2, 0.25) is 0 Å². The third-order valence-electron chi connectivity index (χ3n) is 4.81. The van der Waals surface area contributed by atoms with Gasteiger partial charge in [0.1, 0.15) is 5.82 Å². The normalized spacial score (nSPS) is 11.5. The Morgan fingerprint density at radius 2 is 2.06 bits per heavy atom. The topological polar surface area (TPSA) is 107 Å². The number of hydrogen-bond acceptors (Lipinski definition) is 6. The Morgan fingerprint density at radius 1 is 1.29 bits per heavy atom. The van der Waals surface area contributed by atoms with Crippen molar-refractivity contribution in [2.45, 2.75) is 40.2 Å². The predicted octanol–water partition coefficient (Wildman–Crippen LogP) is 2.73. The lowest BCUT2D eigenvalue weighted by Gasteiger charge is -2.29. The lowest BCUT2D eigenvalue weighted by molar-refractivity contribution is 0.442. The Balaban J connectivity index is 2.31. The van der Waals surface area contributed by atoms with Gasteiger partial charge in [-0.05, 0) is 48.6 Å². The molecule has 31 heavy (non-hydrogen) atoms. The van der Waals surface area contributed by atoms with Crippen molar-refractivity contribution in [3.05, 3.63) is 53.1 Å². The number of amidine groups is 1. The van der Waals surface area contributed by atoms with Crippen LogP contribution in [-0.2, 0) is 13.0 Å². The molecule has 10 heteroatoms. The molecule has 0 fully saturated rings. The van der Waals surface area contributed by atoms with E-state index in [9.17, 15) is 0 Å². The molecule has 2 rings (SSSR count). The van der Waals surface area contributed by atoms with E-state index in [-0.39, 0.29) is 11.4 Å². The smallest absolute Gasteiger partial charge is 0.186 e. The maximum atomic E-state index is 15.1. The van der Waals surface area contributed by atoms with Gasteiger partial charge in [-0.15, -0.1) is 5.11 Å². The molecule has 0 aliphatic heterocycles. The number of halogens is 1. The number of aromatic nitrogens is 2. The van der Waals surface area contributed by atoms with Crippen molar-refractivity contribution in [3.8, 4) is 0 Å². The molecular weight excluding hydrogens is 394 g/mol. The van der Waals surface area contributed by atoms with Crippen LogP contribution in [0.25, 0.3) is 0 Å². The maximum Gasteiger partial charge on any atom is 0.186 e. The van der Waals surface area contributed by atoms with Gasteiger partial charge in [-0.3, -0.25) is 5.41 Å². The minimum atomic E-state index is -0.473. The van der Waals surface area contributed by atoms with Crippen LogP contribution >= 0.6 is 0 Å². The minimum Gasteiger partial charge on any atom is -0.370 e. The number of nitrogens with one attached hydrogen (secondary N) is 1. The van der Waals surface area contributed by atoms with E-state index in [2.05, 4.69) is 51.0 Å². The molecule has 0 spiro atoms. The maximum absolute atomic E-state index is 15.1. The predicted molar refractivity (Wildman–Crippen MR) is 124 cm³/mol. The van der Waals surface area contributed by atoms with E-state index >= 15 is 4.39 Å². The van der Waals surface area contributed by atoms with Gasteiger partial charge in [-0.2, -0.15) is 10.2 Å². The fourth-order valence-corrected chi connectivity index (χ4v) is 3.51. The first-order valence-electron chi connectivity index (χ1n) is 10.6. The van der Waals surface area contributed by atoms with Crippen molar-refractivity contribution in [1.29, 1.82) is 5.41 Å². The van der Waals surface area contributed by atoms with E-state index in [1.165, 1.54) is 6.07 Å². The summed E-state index contributed by atoms with van der Waals surface area (Å²) in [5.41, 5.74) is 2.58. The average molecular weight is 426 g/mol. The fourth-order valence-electron chi connectivity index (χ4n) is 3.51. The van der Waals surface area contributed by atoms with E-state index in [1.54, 1.807) is 6.20 Å². The molecule has 0 aliphatic carbocycles. The van der Waals surface area contributed by atoms with E-state index in [4.69, 9.17) is 11.3 Å². The standard InChI is InChI=1S/C21H32BFN8/c1-4-8-30(9-10-31(22)14-17-6-5-7-26-27-17)19-13-16(11-15(2)3)12-18(23)20(19)21(24)28-29-25/h5-7,12-13,15H,4,8-11,14,22H2,1-3H3,(H3,24,25,28). The number of nitrogens with zero attached hydrogens (tertiary/aromatic N) is 6. The SMILES string of the molecule is BN(CCN(CCC)c1cc(CC(C)C)cc(F)c1C(=N)/N=N\N)Cc1cccnn1. The summed E-state index contributed by atoms with van der Waals surface area (Å²) in [6, 6.07) is 7.27. The zero-order valence-electron chi connectivity index (χ0n) is 18.8. The Bertz CT molecular complexity index is 875. The van der Waals surface area contributed by atoms with Gasteiger partial charge < -0.3 is 15.6 Å². The summed E-state index contributed by atoms with van der Waals surface area (Å²) in [5, 5.41) is 23.0. The third kappa shape index (κ3) is 7.39. The summed E-state index contributed by atoms with van der Waals surface area (Å²) in [5.74, 6) is 4.77. The van der Waals surface area contributed by atoms with Crippen LogP contribution in [0.3, 0.4) is 0 Å². The highest BCUT2D eigenvalue weighted by Gasteiger charge is 2.21. The summed E-state index contributed by atoms with van der Waals surface area (Å²) in [7, 11) is 2.01. The molecular formula is C21H32BFN8. The molecule has 166 valence electrons. The zero-order valence-corrected chi connectivity index (χ0v) is 18.8. The highest BCUT2D eigenvalue weighted by atomic mass is 19.1. The van der Waals surface area contributed by atoms with Crippen LogP contribution in [0.15, 0.2) is 40.8 Å². The summed E-state index contributed by atoms with van der Waals surface area (Å²) in [6.07, 6.45) is 3.29. The second-order valence-corrected chi connectivity index (χ2v) is 8.07. The van der Waals surface area contributed by atoms with Crippen LogP contribution in [0.1, 0.15) is 44.0 Å². The number of benzene rings is 1. The summed E-state index contributed by atoms with van der Waals surface area (Å²) in [6.45, 7) is 9.06. The minimum absolute atomic E-state index is 0.131. The lowest BCUT2D eigenvalue weighted by atomic mass is 9.98. The van der Waals surface area contributed by atoms with Crippen molar-refractivity contribution >= 4 is 19.5 Å². The fraction of sp³-hybridized carbons (Fsp3) is 0.476. The Kier molecular flexibility index (Phi) is 9.52. The highest BCUT2D eigenvalue weighted by molar-refractivity contribution is 6.04. The van der Waals surface area contributed by atoms with Crippen molar-refractivity contribution in [3.63, 3.8) is 0 Å². The van der Waals surface area contributed by atoms with Gasteiger partial charge in [0.25, 0.3) is 0 Å². The van der Waals surface area contributed by atoms with E-state index in [0.717, 1.165) is 37.2 Å². The first-order valence-corrected chi connectivity index (χ1v) is 10.6. The second-order valence-electron chi connectivity index (χ2n) is 8.07. The largest absolute Gasteiger partial charge is 0.370 e. The number of nitrogens with two attached hydrogens (primary N) is 1. The van der Waals surface area contributed by atoms with Crippen LogP contribution in [0.5, 0.6) is 0 Å². The van der Waals surface area contributed by atoms with Crippen molar-refractivity contribution < 1.29 is 4.39 Å². The van der Waals surface area contributed by atoms with E-state index in [0.29, 0.717) is 24.7 Å². The van der Waals surface area contributed by atoms with Crippen LogP contribution in [0.2, 0.25) is 0 Å². The van der Waals surface area contributed by atoms with Gasteiger partial charge in [0.05, 0.1) is 16.9 Å². The van der Waals surface area contributed by atoms with Crippen molar-refractivity contribution in [2.24, 2.45) is 22.1 Å². The molecule has 0 amide bonds. The molecule has 1 aromatic carbocycles. The molecule has 2 aromatic rings. The van der Waals surface area contributed by atoms with Gasteiger partial charge in [-0.1, -0.05) is 26.0 Å². The Hall–Kier alpha value is -2.88. The quantitative estimate of drug-likeness (QED) is 0.144. The molecule has 0 atom stereocenters. The highest BCUT2D eigenvalue weighted by Crippen LogP contribution is 2.28. The van der Waals surface area contributed by atoms with Gasteiger partial charge in [-0.25, -0.2) is 4.39 Å². The van der Waals surface area contributed by atoms with Crippen LogP contribution < -0.4 is 10.7 Å². The molecule has 0 unspecified atom stereocenters. The molecule has 0 aliphatic rings. The van der Waals surface area contributed by atoms with Crippen LogP contribution in [-0.4, -0.2) is 48.5 Å².